The Morgan fingerprint density at radius 1 is 1.23 bits per heavy atom. The standard InChI is InChI=1S/C18H24N2OS/c1-13(2)14-3-5-15(6-4-14)18-19-16(12-22-18)11-20-9-7-17(21)8-10-20/h3-6,12-13,17,21H,7-11H2,1-2H3. The number of likely N-dealkylation sites (tertiary alicyclic amines) is 1. The lowest BCUT2D eigenvalue weighted by molar-refractivity contribution is 0.0787. The normalized spacial score (nSPS) is 17.3. The van der Waals surface area contributed by atoms with E-state index in [2.05, 4.69) is 48.4 Å². The Balaban J connectivity index is 1.65. The van der Waals surface area contributed by atoms with E-state index in [1.807, 2.05) is 0 Å². The number of hydrogen-bond donors (Lipinski definition) is 1. The van der Waals surface area contributed by atoms with Gasteiger partial charge in [-0.05, 0) is 24.3 Å². The van der Waals surface area contributed by atoms with E-state index in [1.54, 1.807) is 11.3 Å². The van der Waals surface area contributed by atoms with Crippen LogP contribution in [0.1, 0.15) is 43.9 Å². The van der Waals surface area contributed by atoms with Gasteiger partial charge in [-0.15, -0.1) is 11.3 Å². The molecule has 4 heteroatoms. The van der Waals surface area contributed by atoms with Crippen LogP contribution in [0, 0.1) is 0 Å². The molecule has 1 aromatic carbocycles. The first-order valence-electron chi connectivity index (χ1n) is 8.07. The minimum atomic E-state index is -0.110. The molecule has 2 heterocycles. The summed E-state index contributed by atoms with van der Waals surface area (Å²) >= 11 is 1.72. The lowest BCUT2D eigenvalue weighted by atomic mass is 10.0. The van der Waals surface area contributed by atoms with Crippen molar-refractivity contribution in [2.24, 2.45) is 0 Å². The zero-order chi connectivity index (χ0) is 15.5. The van der Waals surface area contributed by atoms with Crippen LogP contribution in [-0.4, -0.2) is 34.2 Å². The third kappa shape index (κ3) is 3.75. The Morgan fingerprint density at radius 3 is 2.55 bits per heavy atom. The molecule has 0 amide bonds. The van der Waals surface area contributed by atoms with E-state index in [1.165, 1.54) is 11.1 Å². The highest BCUT2D eigenvalue weighted by atomic mass is 32.1. The summed E-state index contributed by atoms with van der Waals surface area (Å²) in [5, 5.41) is 12.8. The van der Waals surface area contributed by atoms with Crippen LogP contribution in [0.25, 0.3) is 10.6 Å². The van der Waals surface area contributed by atoms with Crippen molar-refractivity contribution in [1.82, 2.24) is 9.88 Å². The van der Waals surface area contributed by atoms with Crippen molar-refractivity contribution in [2.75, 3.05) is 13.1 Å². The Morgan fingerprint density at radius 2 is 1.91 bits per heavy atom. The maximum absolute atomic E-state index is 9.57. The van der Waals surface area contributed by atoms with Crippen LogP contribution in [-0.2, 0) is 6.54 Å². The molecule has 1 aliphatic heterocycles. The quantitative estimate of drug-likeness (QED) is 0.929. The second-order valence-corrected chi connectivity index (χ2v) is 7.29. The number of benzene rings is 1. The smallest absolute Gasteiger partial charge is 0.123 e. The highest BCUT2D eigenvalue weighted by Crippen LogP contribution is 2.26. The Bertz CT molecular complexity index is 598. The first-order valence-corrected chi connectivity index (χ1v) is 8.95. The molecule has 3 nitrogen and oxygen atoms in total. The zero-order valence-corrected chi connectivity index (χ0v) is 14.1. The summed E-state index contributed by atoms with van der Waals surface area (Å²) in [5.74, 6) is 0.565. The summed E-state index contributed by atoms with van der Waals surface area (Å²) in [5.41, 5.74) is 3.71. The molecule has 2 aromatic rings. The molecule has 0 aliphatic carbocycles. The molecule has 1 aliphatic rings. The molecule has 0 unspecified atom stereocenters. The molecule has 0 radical (unpaired) electrons. The van der Waals surface area contributed by atoms with Gasteiger partial charge < -0.3 is 5.11 Å². The molecule has 0 spiro atoms. The molecule has 0 atom stereocenters. The Hall–Kier alpha value is -1.23. The van der Waals surface area contributed by atoms with Gasteiger partial charge >= 0.3 is 0 Å². The average molecular weight is 316 g/mol. The second-order valence-electron chi connectivity index (χ2n) is 6.43. The van der Waals surface area contributed by atoms with E-state index in [-0.39, 0.29) is 6.10 Å². The summed E-state index contributed by atoms with van der Waals surface area (Å²) in [6, 6.07) is 8.75. The van der Waals surface area contributed by atoms with Gasteiger partial charge in [0, 0.05) is 30.6 Å². The molecule has 22 heavy (non-hydrogen) atoms. The van der Waals surface area contributed by atoms with Crippen LogP contribution in [0.4, 0.5) is 0 Å². The van der Waals surface area contributed by atoms with Crippen LogP contribution >= 0.6 is 11.3 Å². The van der Waals surface area contributed by atoms with E-state index in [9.17, 15) is 5.11 Å². The van der Waals surface area contributed by atoms with Gasteiger partial charge in [-0.25, -0.2) is 4.98 Å². The second kappa shape index (κ2) is 6.90. The van der Waals surface area contributed by atoms with Crippen LogP contribution in [0.2, 0.25) is 0 Å². The fourth-order valence-electron chi connectivity index (χ4n) is 2.83. The molecule has 1 aromatic heterocycles. The maximum atomic E-state index is 9.57. The van der Waals surface area contributed by atoms with Gasteiger partial charge in [0.15, 0.2) is 0 Å². The molecule has 1 fully saturated rings. The van der Waals surface area contributed by atoms with Crippen LogP contribution in [0.15, 0.2) is 29.6 Å². The number of thiazole rings is 1. The summed E-state index contributed by atoms with van der Waals surface area (Å²) < 4.78 is 0. The topological polar surface area (TPSA) is 36.4 Å². The SMILES string of the molecule is CC(C)c1ccc(-c2nc(CN3CCC(O)CC3)cs2)cc1. The first kappa shape index (κ1) is 15.7. The third-order valence-electron chi connectivity index (χ3n) is 4.32. The van der Waals surface area contributed by atoms with E-state index in [0.717, 1.165) is 43.2 Å². The van der Waals surface area contributed by atoms with Crippen molar-refractivity contribution >= 4 is 11.3 Å². The fourth-order valence-corrected chi connectivity index (χ4v) is 3.65. The largest absolute Gasteiger partial charge is 0.393 e. The molecular weight excluding hydrogens is 292 g/mol. The Labute approximate surface area is 136 Å². The summed E-state index contributed by atoms with van der Waals surface area (Å²) in [6.07, 6.45) is 1.66. The predicted molar refractivity (Wildman–Crippen MR) is 92.2 cm³/mol. The minimum Gasteiger partial charge on any atom is -0.393 e. The van der Waals surface area contributed by atoms with Crippen molar-refractivity contribution in [3.05, 3.63) is 40.9 Å². The summed E-state index contributed by atoms with van der Waals surface area (Å²) in [4.78, 5) is 7.16. The van der Waals surface area contributed by atoms with Crippen molar-refractivity contribution in [1.29, 1.82) is 0 Å². The van der Waals surface area contributed by atoms with Gasteiger partial charge in [-0.1, -0.05) is 38.1 Å². The van der Waals surface area contributed by atoms with E-state index in [4.69, 9.17) is 4.98 Å². The molecular formula is C18H24N2OS. The minimum absolute atomic E-state index is 0.110. The number of rotatable bonds is 4. The molecule has 0 saturated carbocycles. The lowest BCUT2D eigenvalue weighted by Gasteiger charge is -2.28. The van der Waals surface area contributed by atoms with E-state index in [0.29, 0.717) is 5.92 Å². The number of nitrogens with zero attached hydrogens (tertiary/aromatic N) is 2. The number of piperidine rings is 1. The van der Waals surface area contributed by atoms with Gasteiger partial charge in [0.05, 0.1) is 11.8 Å². The van der Waals surface area contributed by atoms with Gasteiger partial charge in [0.2, 0.25) is 0 Å². The first-order chi connectivity index (χ1) is 10.6. The van der Waals surface area contributed by atoms with Gasteiger partial charge in [0.25, 0.3) is 0 Å². The molecule has 1 saturated heterocycles. The van der Waals surface area contributed by atoms with Crippen molar-refractivity contribution < 1.29 is 5.11 Å². The molecule has 0 bridgehead atoms. The molecule has 3 rings (SSSR count). The summed E-state index contributed by atoms with van der Waals surface area (Å²) in [7, 11) is 0. The maximum Gasteiger partial charge on any atom is 0.123 e. The number of aliphatic hydroxyl groups excluding tert-OH is 1. The molecule has 118 valence electrons. The van der Waals surface area contributed by atoms with Crippen molar-refractivity contribution in [3.8, 4) is 10.6 Å². The van der Waals surface area contributed by atoms with E-state index < -0.39 is 0 Å². The van der Waals surface area contributed by atoms with Gasteiger partial charge in [0.1, 0.15) is 5.01 Å². The fraction of sp³-hybridized carbons (Fsp3) is 0.500. The van der Waals surface area contributed by atoms with Crippen LogP contribution in [0.5, 0.6) is 0 Å². The van der Waals surface area contributed by atoms with Crippen molar-refractivity contribution in [3.63, 3.8) is 0 Å². The monoisotopic (exact) mass is 316 g/mol. The predicted octanol–water partition coefficient (Wildman–Crippen LogP) is 3.89. The molecule has 1 N–H and O–H groups in total. The van der Waals surface area contributed by atoms with E-state index >= 15 is 0 Å². The Kier molecular flexibility index (Phi) is 4.91. The lowest BCUT2D eigenvalue weighted by Crippen LogP contribution is -2.35. The number of aromatic nitrogens is 1. The number of aliphatic hydroxyl groups is 1. The van der Waals surface area contributed by atoms with Gasteiger partial charge in [-0.2, -0.15) is 0 Å². The van der Waals surface area contributed by atoms with Gasteiger partial charge in [-0.3, -0.25) is 4.90 Å². The van der Waals surface area contributed by atoms with Crippen molar-refractivity contribution in [2.45, 2.75) is 45.3 Å². The van der Waals surface area contributed by atoms with Crippen LogP contribution < -0.4 is 0 Å². The zero-order valence-electron chi connectivity index (χ0n) is 13.3. The third-order valence-corrected chi connectivity index (χ3v) is 5.26. The average Bonchev–Trinajstić information content (AvgIpc) is 2.98. The number of hydrogen-bond acceptors (Lipinski definition) is 4. The highest BCUT2D eigenvalue weighted by molar-refractivity contribution is 7.13. The highest BCUT2D eigenvalue weighted by Gasteiger charge is 2.18. The van der Waals surface area contributed by atoms with Crippen LogP contribution in [0.3, 0.4) is 0 Å². The summed E-state index contributed by atoms with van der Waals surface area (Å²) in [6.45, 7) is 7.26.